The normalized spacial score (nSPS) is 12.4. The van der Waals surface area contributed by atoms with E-state index in [1.807, 2.05) is 0 Å². The molecule has 0 bridgehead atoms. The van der Waals surface area contributed by atoms with Gasteiger partial charge in [-0.3, -0.25) is 14.4 Å². The SMILES string of the molecule is CC\C=C/C=C\C=C/CCCCCCCCCC(=O)OC(COC(=O)CCCCC/C=C\CCCCCCCCC)COC(=O)CCCCCCCCCCCCCCCCCCCC. The van der Waals surface area contributed by atoms with Gasteiger partial charge in [0.25, 0.3) is 0 Å². The van der Waals surface area contributed by atoms with E-state index in [9.17, 15) is 14.4 Å². The minimum atomic E-state index is -0.783. The fraction of sp³-hybridized carbons (Fsp3) is 0.814. The van der Waals surface area contributed by atoms with Gasteiger partial charge >= 0.3 is 17.9 Å². The third-order valence-electron chi connectivity index (χ3n) is 12.4. The molecule has 0 spiro atoms. The molecule has 0 saturated carbocycles. The van der Waals surface area contributed by atoms with Crippen LogP contribution in [0.4, 0.5) is 0 Å². The second kappa shape index (κ2) is 54.0. The fourth-order valence-electron chi connectivity index (χ4n) is 8.14. The Morgan fingerprint density at radius 3 is 0.985 bits per heavy atom. The van der Waals surface area contributed by atoms with Crippen LogP contribution in [0.25, 0.3) is 0 Å². The van der Waals surface area contributed by atoms with Crippen molar-refractivity contribution in [3.8, 4) is 0 Å². The van der Waals surface area contributed by atoms with Gasteiger partial charge in [-0.2, -0.15) is 0 Å². The lowest BCUT2D eigenvalue weighted by molar-refractivity contribution is -0.167. The number of allylic oxidation sites excluding steroid dienone is 8. The lowest BCUT2D eigenvalue weighted by Gasteiger charge is -2.18. The highest BCUT2D eigenvalue weighted by atomic mass is 16.6. The van der Waals surface area contributed by atoms with Gasteiger partial charge in [0.1, 0.15) is 13.2 Å². The molecule has 6 heteroatoms. The summed E-state index contributed by atoms with van der Waals surface area (Å²) in [4.78, 5) is 38.1. The fourth-order valence-corrected chi connectivity index (χ4v) is 8.14. The predicted octanol–water partition coefficient (Wildman–Crippen LogP) is 18.7. The molecule has 0 fully saturated rings. The van der Waals surface area contributed by atoms with E-state index in [4.69, 9.17) is 14.2 Å². The summed E-state index contributed by atoms with van der Waals surface area (Å²) in [5.41, 5.74) is 0. The van der Waals surface area contributed by atoms with Gasteiger partial charge in [-0.25, -0.2) is 0 Å². The average Bonchev–Trinajstić information content (AvgIpc) is 3.30. The number of ether oxygens (including phenoxy) is 3. The van der Waals surface area contributed by atoms with E-state index in [0.29, 0.717) is 19.3 Å². The molecular weight excluding hydrogens is 805 g/mol. The van der Waals surface area contributed by atoms with Crippen molar-refractivity contribution >= 4 is 17.9 Å². The monoisotopic (exact) mass is 911 g/mol. The topological polar surface area (TPSA) is 78.9 Å². The third-order valence-corrected chi connectivity index (χ3v) is 12.4. The van der Waals surface area contributed by atoms with Crippen molar-refractivity contribution in [2.24, 2.45) is 0 Å². The molecule has 1 atom stereocenters. The second-order valence-corrected chi connectivity index (χ2v) is 18.9. The Labute approximate surface area is 403 Å². The van der Waals surface area contributed by atoms with Crippen LogP contribution in [0.15, 0.2) is 48.6 Å². The molecule has 0 aliphatic carbocycles. The van der Waals surface area contributed by atoms with E-state index in [2.05, 4.69) is 69.4 Å². The van der Waals surface area contributed by atoms with Crippen molar-refractivity contribution in [1.82, 2.24) is 0 Å². The van der Waals surface area contributed by atoms with E-state index in [-0.39, 0.29) is 31.1 Å². The van der Waals surface area contributed by atoms with E-state index < -0.39 is 6.10 Å². The Hall–Kier alpha value is -2.63. The molecule has 0 amide bonds. The number of hydrogen-bond acceptors (Lipinski definition) is 6. The average molecular weight is 911 g/mol. The molecule has 378 valence electrons. The smallest absolute Gasteiger partial charge is 0.306 e. The Kier molecular flexibility index (Phi) is 51.8. The van der Waals surface area contributed by atoms with E-state index in [1.54, 1.807) is 0 Å². The third kappa shape index (κ3) is 52.2. The first kappa shape index (κ1) is 62.4. The van der Waals surface area contributed by atoms with Crippen LogP contribution in [0.2, 0.25) is 0 Å². The maximum atomic E-state index is 12.8. The predicted molar refractivity (Wildman–Crippen MR) is 279 cm³/mol. The summed E-state index contributed by atoms with van der Waals surface area (Å²) in [7, 11) is 0. The zero-order valence-corrected chi connectivity index (χ0v) is 43.3. The van der Waals surface area contributed by atoms with Crippen LogP contribution in [0, 0.1) is 0 Å². The summed E-state index contributed by atoms with van der Waals surface area (Å²) in [6.07, 6.45) is 65.3. The van der Waals surface area contributed by atoms with Gasteiger partial charge in [0.2, 0.25) is 0 Å². The zero-order valence-electron chi connectivity index (χ0n) is 43.3. The highest BCUT2D eigenvalue weighted by molar-refractivity contribution is 5.71. The molecule has 0 N–H and O–H groups in total. The van der Waals surface area contributed by atoms with Crippen molar-refractivity contribution in [2.75, 3.05) is 13.2 Å². The zero-order chi connectivity index (χ0) is 47.2. The van der Waals surface area contributed by atoms with E-state index in [0.717, 1.165) is 83.5 Å². The van der Waals surface area contributed by atoms with Crippen molar-refractivity contribution in [2.45, 2.75) is 297 Å². The van der Waals surface area contributed by atoms with Crippen molar-refractivity contribution in [3.63, 3.8) is 0 Å². The summed E-state index contributed by atoms with van der Waals surface area (Å²) in [6, 6.07) is 0. The van der Waals surface area contributed by atoms with Gasteiger partial charge in [0.15, 0.2) is 6.10 Å². The van der Waals surface area contributed by atoms with Crippen LogP contribution in [0.1, 0.15) is 290 Å². The maximum Gasteiger partial charge on any atom is 0.306 e. The molecule has 0 aliphatic heterocycles. The van der Waals surface area contributed by atoms with Gasteiger partial charge in [0, 0.05) is 19.3 Å². The Morgan fingerprint density at radius 1 is 0.323 bits per heavy atom. The van der Waals surface area contributed by atoms with Gasteiger partial charge < -0.3 is 14.2 Å². The number of rotatable bonds is 51. The molecule has 0 aromatic rings. The number of carbonyl (C=O) groups is 3. The van der Waals surface area contributed by atoms with E-state index in [1.165, 1.54) is 167 Å². The summed E-state index contributed by atoms with van der Waals surface area (Å²) in [5, 5.41) is 0. The molecule has 0 heterocycles. The number of carbonyl (C=O) groups excluding carboxylic acids is 3. The standard InChI is InChI=1S/C59H106O6/c1-4-7-10-13-16-19-22-25-28-29-30-32-34-37-40-43-46-49-52-58(61)64-55-56(54-63-57(60)51-48-45-42-39-36-33-27-24-21-18-15-12-9-6-3)65-59(62)53-50-47-44-41-38-35-31-26-23-20-17-14-11-8-5-2/h8,11,14,17,20,23,33,36,56H,4-7,9-10,12-13,15-16,18-19,21-22,24-32,34-35,37-55H2,1-3H3/b11-8-,17-14-,23-20-,36-33-. The Balaban J connectivity index is 4.36. The molecule has 0 rings (SSSR count). The molecule has 0 radical (unpaired) electrons. The first-order valence-corrected chi connectivity index (χ1v) is 28.2. The molecule has 6 nitrogen and oxygen atoms in total. The summed E-state index contributed by atoms with van der Waals surface area (Å²) in [6.45, 7) is 6.52. The molecule has 0 aromatic carbocycles. The van der Waals surface area contributed by atoms with Gasteiger partial charge in [-0.05, 0) is 64.2 Å². The quantitative estimate of drug-likeness (QED) is 0.0199. The van der Waals surface area contributed by atoms with Crippen molar-refractivity contribution in [3.05, 3.63) is 48.6 Å². The number of unbranched alkanes of at least 4 members (excludes halogenated alkanes) is 34. The van der Waals surface area contributed by atoms with E-state index >= 15 is 0 Å². The maximum absolute atomic E-state index is 12.8. The van der Waals surface area contributed by atoms with Crippen LogP contribution in [-0.4, -0.2) is 37.2 Å². The Morgan fingerprint density at radius 2 is 0.615 bits per heavy atom. The molecule has 1 unspecified atom stereocenters. The van der Waals surface area contributed by atoms with Crippen LogP contribution in [-0.2, 0) is 28.6 Å². The van der Waals surface area contributed by atoms with Crippen LogP contribution in [0.5, 0.6) is 0 Å². The molecule has 0 aliphatic rings. The first-order valence-electron chi connectivity index (χ1n) is 28.2. The first-order chi connectivity index (χ1) is 32.0. The summed E-state index contributed by atoms with van der Waals surface area (Å²) in [5.74, 6) is -0.895. The minimum absolute atomic E-state index is 0.0799. The highest BCUT2D eigenvalue weighted by Crippen LogP contribution is 2.16. The molecular formula is C59H106O6. The highest BCUT2D eigenvalue weighted by Gasteiger charge is 2.19. The molecule has 0 saturated heterocycles. The second-order valence-electron chi connectivity index (χ2n) is 18.9. The Bertz CT molecular complexity index is 1140. The number of hydrogen-bond donors (Lipinski definition) is 0. The molecule has 0 aromatic heterocycles. The summed E-state index contributed by atoms with van der Waals surface area (Å²) < 4.78 is 16.8. The lowest BCUT2D eigenvalue weighted by Crippen LogP contribution is -2.30. The largest absolute Gasteiger partial charge is 0.462 e. The number of esters is 3. The van der Waals surface area contributed by atoms with Gasteiger partial charge in [-0.15, -0.1) is 0 Å². The lowest BCUT2D eigenvalue weighted by atomic mass is 10.0. The summed E-state index contributed by atoms with van der Waals surface area (Å²) >= 11 is 0. The minimum Gasteiger partial charge on any atom is -0.462 e. The van der Waals surface area contributed by atoms with Crippen LogP contribution < -0.4 is 0 Å². The van der Waals surface area contributed by atoms with Crippen LogP contribution >= 0.6 is 0 Å². The van der Waals surface area contributed by atoms with Gasteiger partial charge in [-0.1, -0.05) is 256 Å². The van der Waals surface area contributed by atoms with Crippen LogP contribution in [0.3, 0.4) is 0 Å². The van der Waals surface area contributed by atoms with Crippen molar-refractivity contribution < 1.29 is 28.6 Å². The molecule has 65 heavy (non-hydrogen) atoms. The van der Waals surface area contributed by atoms with Gasteiger partial charge in [0.05, 0.1) is 0 Å². The van der Waals surface area contributed by atoms with Crippen molar-refractivity contribution in [1.29, 1.82) is 0 Å².